The number of aliphatic hydroxyl groups excluding tert-OH is 1. The van der Waals surface area contributed by atoms with Gasteiger partial charge >= 0.3 is 0 Å². The fourth-order valence-electron chi connectivity index (χ4n) is 1.64. The minimum atomic E-state index is -0.547. The van der Waals surface area contributed by atoms with E-state index in [0.717, 1.165) is 10.9 Å². The Balaban J connectivity index is 2.60. The quantitative estimate of drug-likeness (QED) is 0.841. The lowest BCUT2D eigenvalue weighted by molar-refractivity contribution is 0.148. The smallest absolute Gasteiger partial charge is 0.153 e. The SMILES string of the molecule is CCC(O)c1cc2cc(C)cc(Cl)c2o1. The van der Waals surface area contributed by atoms with Gasteiger partial charge in [0.2, 0.25) is 0 Å². The number of furan rings is 1. The zero-order chi connectivity index (χ0) is 11.0. The van der Waals surface area contributed by atoms with Crippen LogP contribution in [0.5, 0.6) is 0 Å². The minimum Gasteiger partial charge on any atom is -0.457 e. The highest BCUT2D eigenvalue weighted by Crippen LogP contribution is 2.31. The first-order valence-corrected chi connectivity index (χ1v) is 5.37. The predicted octanol–water partition coefficient (Wildman–Crippen LogP) is 3.84. The molecule has 0 bridgehead atoms. The summed E-state index contributed by atoms with van der Waals surface area (Å²) in [6.45, 7) is 3.89. The summed E-state index contributed by atoms with van der Waals surface area (Å²) in [4.78, 5) is 0. The molecule has 3 heteroatoms. The van der Waals surface area contributed by atoms with Crippen molar-refractivity contribution in [3.05, 3.63) is 34.5 Å². The van der Waals surface area contributed by atoms with Gasteiger partial charge in [0.15, 0.2) is 5.58 Å². The lowest BCUT2D eigenvalue weighted by Gasteiger charge is -2.01. The molecule has 1 unspecified atom stereocenters. The van der Waals surface area contributed by atoms with Gasteiger partial charge in [0.05, 0.1) is 5.02 Å². The molecule has 1 aromatic heterocycles. The predicted molar refractivity (Wildman–Crippen MR) is 61.2 cm³/mol. The van der Waals surface area contributed by atoms with E-state index in [-0.39, 0.29) is 0 Å². The fourth-order valence-corrected chi connectivity index (χ4v) is 1.96. The Bertz CT molecular complexity index is 488. The van der Waals surface area contributed by atoms with Crippen molar-refractivity contribution in [2.75, 3.05) is 0 Å². The van der Waals surface area contributed by atoms with Gasteiger partial charge in [0.25, 0.3) is 0 Å². The Morgan fingerprint density at radius 2 is 2.13 bits per heavy atom. The second kappa shape index (κ2) is 3.87. The van der Waals surface area contributed by atoms with E-state index in [1.165, 1.54) is 0 Å². The van der Waals surface area contributed by atoms with Gasteiger partial charge < -0.3 is 9.52 Å². The van der Waals surface area contributed by atoms with Crippen LogP contribution in [-0.4, -0.2) is 5.11 Å². The molecule has 0 amide bonds. The molecule has 0 aliphatic rings. The monoisotopic (exact) mass is 224 g/mol. The van der Waals surface area contributed by atoms with Crippen molar-refractivity contribution in [2.24, 2.45) is 0 Å². The first-order valence-electron chi connectivity index (χ1n) is 4.99. The van der Waals surface area contributed by atoms with E-state index in [0.29, 0.717) is 22.8 Å². The lowest BCUT2D eigenvalue weighted by Crippen LogP contribution is -1.90. The molecule has 2 rings (SSSR count). The van der Waals surface area contributed by atoms with Crippen LogP contribution in [-0.2, 0) is 0 Å². The van der Waals surface area contributed by atoms with Gasteiger partial charge in [-0.05, 0) is 37.1 Å². The summed E-state index contributed by atoms with van der Waals surface area (Å²) in [5.41, 5.74) is 1.75. The van der Waals surface area contributed by atoms with E-state index >= 15 is 0 Å². The number of rotatable bonds is 2. The highest BCUT2D eigenvalue weighted by atomic mass is 35.5. The zero-order valence-electron chi connectivity index (χ0n) is 8.75. The number of aliphatic hydroxyl groups is 1. The molecule has 0 radical (unpaired) electrons. The summed E-state index contributed by atoms with van der Waals surface area (Å²) >= 11 is 6.05. The maximum atomic E-state index is 9.65. The number of hydrogen-bond acceptors (Lipinski definition) is 2. The standard InChI is InChI=1S/C12H13ClO2/c1-3-10(14)11-6-8-4-7(2)5-9(13)12(8)15-11/h4-6,10,14H,3H2,1-2H3. The molecular weight excluding hydrogens is 212 g/mol. The molecule has 1 N–H and O–H groups in total. The highest BCUT2D eigenvalue weighted by Gasteiger charge is 2.13. The molecule has 0 aliphatic carbocycles. The summed E-state index contributed by atoms with van der Waals surface area (Å²) in [7, 11) is 0. The van der Waals surface area contributed by atoms with Crippen LogP contribution in [0.2, 0.25) is 5.02 Å². The molecule has 0 spiro atoms. The Labute approximate surface area is 93.5 Å². The second-order valence-electron chi connectivity index (χ2n) is 3.74. The highest BCUT2D eigenvalue weighted by molar-refractivity contribution is 6.34. The van der Waals surface area contributed by atoms with Gasteiger partial charge in [-0.1, -0.05) is 18.5 Å². The second-order valence-corrected chi connectivity index (χ2v) is 4.15. The van der Waals surface area contributed by atoms with Crippen LogP contribution in [0.15, 0.2) is 22.6 Å². The van der Waals surface area contributed by atoms with E-state index in [1.807, 2.05) is 32.0 Å². The topological polar surface area (TPSA) is 33.4 Å². The Kier molecular flexibility index (Phi) is 2.72. The zero-order valence-corrected chi connectivity index (χ0v) is 9.51. The number of halogens is 1. The molecule has 0 saturated carbocycles. The number of benzene rings is 1. The minimum absolute atomic E-state index is 0.547. The van der Waals surface area contributed by atoms with Crippen molar-refractivity contribution in [1.82, 2.24) is 0 Å². The van der Waals surface area contributed by atoms with Gasteiger partial charge in [-0.25, -0.2) is 0 Å². The van der Waals surface area contributed by atoms with Crippen molar-refractivity contribution in [1.29, 1.82) is 0 Å². The van der Waals surface area contributed by atoms with E-state index in [9.17, 15) is 5.11 Å². The van der Waals surface area contributed by atoms with Crippen molar-refractivity contribution in [2.45, 2.75) is 26.4 Å². The van der Waals surface area contributed by atoms with Crippen molar-refractivity contribution < 1.29 is 9.52 Å². The molecule has 0 saturated heterocycles. The first kappa shape index (κ1) is 10.5. The third-order valence-electron chi connectivity index (χ3n) is 2.45. The Morgan fingerprint density at radius 1 is 1.40 bits per heavy atom. The van der Waals surface area contributed by atoms with E-state index in [2.05, 4.69) is 0 Å². The summed E-state index contributed by atoms with van der Waals surface area (Å²) in [6.07, 6.45) is 0.0879. The van der Waals surface area contributed by atoms with Crippen LogP contribution in [0.3, 0.4) is 0 Å². The van der Waals surface area contributed by atoms with Crippen LogP contribution in [0.1, 0.15) is 30.8 Å². The van der Waals surface area contributed by atoms with Gasteiger partial charge in [0, 0.05) is 5.39 Å². The number of fused-ring (bicyclic) bond motifs is 1. The van der Waals surface area contributed by atoms with Gasteiger partial charge in [-0.3, -0.25) is 0 Å². The van der Waals surface area contributed by atoms with Crippen LogP contribution >= 0.6 is 11.6 Å². The van der Waals surface area contributed by atoms with E-state index in [4.69, 9.17) is 16.0 Å². The normalized spacial score (nSPS) is 13.3. The molecule has 1 aromatic carbocycles. The average Bonchev–Trinajstić information content (AvgIpc) is 2.60. The summed E-state index contributed by atoms with van der Waals surface area (Å²) in [5.74, 6) is 0.583. The van der Waals surface area contributed by atoms with E-state index < -0.39 is 6.10 Å². The summed E-state index contributed by atoms with van der Waals surface area (Å²) < 4.78 is 5.52. The van der Waals surface area contributed by atoms with Crippen molar-refractivity contribution >= 4 is 22.6 Å². The summed E-state index contributed by atoms with van der Waals surface area (Å²) in [5, 5.41) is 11.2. The molecule has 2 aromatic rings. The van der Waals surface area contributed by atoms with Crippen molar-refractivity contribution in [3.8, 4) is 0 Å². The molecule has 0 fully saturated rings. The summed E-state index contributed by atoms with van der Waals surface area (Å²) in [6, 6.07) is 5.70. The maximum Gasteiger partial charge on any atom is 0.153 e. The van der Waals surface area contributed by atoms with Crippen LogP contribution in [0.4, 0.5) is 0 Å². The van der Waals surface area contributed by atoms with Crippen LogP contribution in [0, 0.1) is 6.92 Å². The fraction of sp³-hybridized carbons (Fsp3) is 0.333. The molecular formula is C12H13ClO2. The van der Waals surface area contributed by atoms with Crippen LogP contribution < -0.4 is 0 Å². The van der Waals surface area contributed by atoms with Gasteiger partial charge in [-0.15, -0.1) is 0 Å². The number of aryl methyl sites for hydroxylation is 1. The third kappa shape index (κ3) is 1.87. The molecule has 2 nitrogen and oxygen atoms in total. The maximum absolute atomic E-state index is 9.65. The molecule has 1 atom stereocenters. The van der Waals surface area contributed by atoms with Crippen LogP contribution in [0.25, 0.3) is 11.0 Å². The van der Waals surface area contributed by atoms with Crippen molar-refractivity contribution in [3.63, 3.8) is 0 Å². The Hall–Kier alpha value is -0.990. The molecule has 0 aliphatic heterocycles. The number of hydrogen-bond donors (Lipinski definition) is 1. The van der Waals surface area contributed by atoms with E-state index in [1.54, 1.807) is 0 Å². The molecule has 1 heterocycles. The molecule has 80 valence electrons. The van der Waals surface area contributed by atoms with Gasteiger partial charge in [0.1, 0.15) is 11.9 Å². The average molecular weight is 225 g/mol. The molecule has 15 heavy (non-hydrogen) atoms. The van der Waals surface area contributed by atoms with Gasteiger partial charge in [-0.2, -0.15) is 0 Å². The first-order chi connectivity index (χ1) is 7.11. The largest absolute Gasteiger partial charge is 0.457 e. The third-order valence-corrected chi connectivity index (χ3v) is 2.73. The lowest BCUT2D eigenvalue weighted by atomic mass is 10.1. The Morgan fingerprint density at radius 3 is 2.80 bits per heavy atom.